The van der Waals surface area contributed by atoms with Crippen LogP contribution in [-0.4, -0.2) is 54.9 Å². The van der Waals surface area contributed by atoms with Gasteiger partial charge in [0.2, 0.25) is 0 Å². The van der Waals surface area contributed by atoms with Crippen LogP contribution in [0.4, 0.5) is 0 Å². The van der Waals surface area contributed by atoms with E-state index in [1.807, 2.05) is 13.0 Å². The van der Waals surface area contributed by atoms with E-state index < -0.39 is 6.10 Å². The first kappa shape index (κ1) is 17.0. The fourth-order valence-electron chi connectivity index (χ4n) is 2.71. The van der Waals surface area contributed by atoms with Crippen LogP contribution < -0.4 is 0 Å². The standard InChI is InChI=1S/C16H25NO5/c1-2-21-16(19)13-5-3-7-17(9-13)10-14(18)11-20-12-15-6-4-8-22-15/h4,6,8,13-14,18H,2-3,5,7,9-12H2,1H3/t13-,14+/m1/s1. The Morgan fingerprint density at radius 3 is 3.18 bits per heavy atom. The Labute approximate surface area is 131 Å². The van der Waals surface area contributed by atoms with E-state index in [9.17, 15) is 9.90 Å². The topological polar surface area (TPSA) is 72.1 Å². The summed E-state index contributed by atoms with van der Waals surface area (Å²) in [5.74, 6) is 0.535. The molecule has 1 N–H and O–H groups in total. The van der Waals surface area contributed by atoms with Crippen molar-refractivity contribution in [1.29, 1.82) is 0 Å². The highest BCUT2D eigenvalue weighted by Crippen LogP contribution is 2.18. The molecule has 0 spiro atoms. The molecule has 2 atom stereocenters. The minimum absolute atomic E-state index is 0.0788. The van der Waals surface area contributed by atoms with Crippen LogP contribution >= 0.6 is 0 Å². The Bertz CT molecular complexity index is 434. The molecule has 22 heavy (non-hydrogen) atoms. The summed E-state index contributed by atoms with van der Waals surface area (Å²) in [7, 11) is 0. The third-order valence-electron chi connectivity index (χ3n) is 3.73. The average Bonchev–Trinajstić information content (AvgIpc) is 3.01. The van der Waals surface area contributed by atoms with E-state index in [0.717, 1.165) is 25.1 Å². The number of esters is 1. The van der Waals surface area contributed by atoms with Crippen LogP contribution in [0.25, 0.3) is 0 Å². The number of furan rings is 1. The maximum atomic E-state index is 11.8. The lowest BCUT2D eigenvalue weighted by Gasteiger charge is -2.32. The van der Waals surface area contributed by atoms with Crippen molar-refractivity contribution in [2.75, 3.05) is 32.8 Å². The number of likely N-dealkylation sites (tertiary alicyclic amines) is 1. The lowest BCUT2D eigenvalue weighted by molar-refractivity contribution is -0.150. The van der Waals surface area contributed by atoms with Crippen molar-refractivity contribution in [3.8, 4) is 0 Å². The van der Waals surface area contributed by atoms with Gasteiger partial charge in [0.1, 0.15) is 12.4 Å². The normalized spacial score (nSPS) is 20.7. The van der Waals surface area contributed by atoms with E-state index in [0.29, 0.717) is 26.3 Å². The van der Waals surface area contributed by atoms with Gasteiger partial charge in [0.25, 0.3) is 0 Å². The summed E-state index contributed by atoms with van der Waals surface area (Å²) < 4.78 is 15.7. The fraction of sp³-hybridized carbons (Fsp3) is 0.688. The Kier molecular flexibility index (Phi) is 6.89. The average molecular weight is 311 g/mol. The predicted molar refractivity (Wildman–Crippen MR) is 80.2 cm³/mol. The summed E-state index contributed by atoms with van der Waals surface area (Å²) in [6.07, 6.45) is 2.83. The molecule has 124 valence electrons. The SMILES string of the molecule is CCOC(=O)[C@@H]1CCCN(C[C@H](O)COCc2ccco2)C1. The van der Waals surface area contributed by atoms with Crippen LogP contribution in [0.1, 0.15) is 25.5 Å². The summed E-state index contributed by atoms with van der Waals surface area (Å²) in [6.45, 7) is 4.89. The first-order valence-corrected chi connectivity index (χ1v) is 7.86. The van der Waals surface area contributed by atoms with Crippen molar-refractivity contribution < 1.29 is 23.8 Å². The first-order chi connectivity index (χ1) is 10.7. The lowest BCUT2D eigenvalue weighted by atomic mass is 9.98. The molecule has 2 heterocycles. The van der Waals surface area contributed by atoms with Gasteiger partial charge in [-0.15, -0.1) is 0 Å². The molecule has 2 rings (SSSR count). The molecular formula is C16H25NO5. The molecule has 0 aromatic carbocycles. The number of aliphatic hydroxyl groups is 1. The number of hydrogen-bond acceptors (Lipinski definition) is 6. The molecule has 1 aliphatic heterocycles. The minimum Gasteiger partial charge on any atom is -0.467 e. The molecule has 1 aromatic heterocycles. The number of rotatable bonds is 8. The van der Waals surface area contributed by atoms with Crippen molar-refractivity contribution in [1.82, 2.24) is 4.90 Å². The maximum Gasteiger partial charge on any atom is 0.310 e. The van der Waals surface area contributed by atoms with E-state index in [1.165, 1.54) is 0 Å². The third-order valence-corrected chi connectivity index (χ3v) is 3.73. The number of hydrogen-bond donors (Lipinski definition) is 1. The van der Waals surface area contributed by atoms with Gasteiger partial charge in [-0.2, -0.15) is 0 Å². The lowest BCUT2D eigenvalue weighted by Crippen LogP contribution is -2.43. The zero-order valence-corrected chi connectivity index (χ0v) is 13.1. The second-order valence-corrected chi connectivity index (χ2v) is 5.60. The number of β-amino-alcohol motifs (C(OH)–C–C–N with tert-alkyl or cyclic N) is 1. The van der Waals surface area contributed by atoms with Crippen molar-refractivity contribution in [3.05, 3.63) is 24.2 Å². The van der Waals surface area contributed by atoms with Gasteiger partial charge in [-0.25, -0.2) is 0 Å². The monoisotopic (exact) mass is 311 g/mol. The van der Waals surface area contributed by atoms with Gasteiger partial charge < -0.3 is 19.0 Å². The molecule has 0 amide bonds. The quantitative estimate of drug-likeness (QED) is 0.732. The molecule has 1 aliphatic rings. The van der Waals surface area contributed by atoms with E-state index in [2.05, 4.69) is 4.90 Å². The number of aliphatic hydroxyl groups excluding tert-OH is 1. The Hall–Kier alpha value is -1.37. The van der Waals surface area contributed by atoms with Crippen LogP contribution in [0, 0.1) is 5.92 Å². The highest BCUT2D eigenvalue weighted by molar-refractivity contribution is 5.72. The molecular weight excluding hydrogens is 286 g/mol. The van der Waals surface area contributed by atoms with Crippen LogP contribution in [0.3, 0.4) is 0 Å². The van der Waals surface area contributed by atoms with E-state index in [-0.39, 0.29) is 18.5 Å². The number of piperidine rings is 1. The van der Waals surface area contributed by atoms with Crippen LogP contribution in [0.5, 0.6) is 0 Å². The Balaban J connectivity index is 1.67. The summed E-state index contributed by atoms with van der Waals surface area (Å²) in [4.78, 5) is 13.9. The smallest absolute Gasteiger partial charge is 0.310 e. The third kappa shape index (κ3) is 5.44. The van der Waals surface area contributed by atoms with Gasteiger partial charge in [-0.05, 0) is 38.4 Å². The van der Waals surface area contributed by atoms with Crippen molar-refractivity contribution in [3.63, 3.8) is 0 Å². The molecule has 0 saturated carbocycles. The van der Waals surface area contributed by atoms with Crippen LogP contribution in [0.2, 0.25) is 0 Å². The maximum absolute atomic E-state index is 11.8. The van der Waals surface area contributed by atoms with Crippen LogP contribution in [-0.2, 0) is 20.9 Å². The Morgan fingerprint density at radius 1 is 1.59 bits per heavy atom. The van der Waals surface area contributed by atoms with Crippen molar-refractivity contribution >= 4 is 5.97 Å². The van der Waals surface area contributed by atoms with Gasteiger partial charge in [-0.1, -0.05) is 0 Å². The molecule has 0 unspecified atom stereocenters. The molecule has 0 aliphatic carbocycles. The zero-order chi connectivity index (χ0) is 15.8. The van der Waals surface area contributed by atoms with Crippen molar-refractivity contribution in [2.24, 2.45) is 5.92 Å². The van der Waals surface area contributed by atoms with Gasteiger partial charge in [0.05, 0.1) is 31.5 Å². The molecule has 6 heteroatoms. The first-order valence-electron chi connectivity index (χ1n) is 7.86. The number of carbonyl (C=O) groups excluding carboxylic acids is 1. The van der Waals surface area contributed by atoms with E-state index in [1.54, 1.807) is 12.3 Å². The Morgan fingerprint density at radius 2 is 2.45 bits per heavy atom. The van der Waals surface area contributed by atoms with Gasteiger partial charge in [-0.3, -0.25) is 9.69 Å². The second-order valence-electron chi connectivity index (χ2n) is 5.60. The molecule has 6 nitrogen and oxygen atoms in total. The van der Waals surface area contributed by atoms with Gasteiger partial charge in [0, 0.05) is 13.1 Å². The number of ether oxygens (including phenoxy) is 2. The van der Waals surface area contributed by atoms with Crippen molar-refractivity contribution in [2.45, 2.75) is 32.5 Å². The molecule has 0 bridgehead atoms. The van der Waals surface area contributed by atoms with Gasteiger partial charge in [0.15, 0.2) is 0 Å². The molecule has 1 fully saturated rings. The number of carbonyl (C=O) groups is 1. The summed E-state index contributed by atoms with van der Waals surface area (Å²) in [6, 6.07) is 3.64. The summed E-state index contributed by atoms with van der Waals surface area (Å²) in [5, 5.41) is 10.0. The largest absolute Gasteiger partial charge is 0.467 e. The summed E-state index contributed by atoms with van der Waals surface area (Å²) in [5.41, 5.74) is 0. The van der Waals surface area contributed by atoms with E-state index in [4.69, 9.17) is 13.9 Å². The highest BCUT2D eigenvalue weighted by atomic mass is 16.5. The molecule has 1 saturated heterocycles. The summed E-state index contributed by atoms with van der Waals surface area (Å²) >= 11 is 0. The van der Waals surface area contributed by atoms with Gasteiger partial charge >= 0.3 is 5.97 Å². The molecule has 0 radical (unpaired) electrons. The second kappa shape index (κ2) is 8.92. The molecule has 1 aromatic rings. The predicted octanol–water partition coefficient (Wildman–Crippen LogP) is 1.43. The minimum atomic E-state index is -0.573. The zero-order valence-electron chi connectivity index (χ0n) is 13.1. The van der Waals surface area contributed by atoms with Crippen LogP contribution in [0.15, 0.2) is 22.8 Å². The van der Waals surface area contributed by atoms with E-state index >= 15 is 0 Å². The highest BCUT2D eigenvalue weighted by Gasteiger charge is 2.27. The fourth-order valence-corrected chi connectivity index (χ4v) is 2.71. The number of nitrogens with zero attached hydrogens (tertiary/aromatic N) is 1.